The average Bonchev–Trinajstić information content (AvgIpc) is 3.16. The van der Waals surface area contributed by atoms with Gasteiger partial charge in [-0.25, -0.2) is 17.8 Å². The van der Waals surface area contributed by atoms with E-state index in [-0.39, 0.29) is 10.8 Å². The lowest BCUT2D eigenvalue weighted by Gasteiger charge is -2.16. The number of aromatic nitrogens is 1. The van der Waals surface area contributed by atoms with Crippen LogP contribution < -0.4 is 4.72 Å². The summed E-state index contributed by atoms with van der Waals surface area (Å²) >= 11 is 1.54. The van der Waals surface area contributed by atoms with Gasteiger partial charge in [-0.2, -0.15) is 0 Å². The quantitative estimate of drug-likeness (QED) is 0.464. The highest BCUT2D eigenvalue weighted by atomic mass is 32.2. The molecule has 9 heteroatoms. The van der Waals surface area contributed by atoms with Gasteiger partial charge in [0.1, 0.15) is 10.8 Å². The van der Waals surface area contributed by atoms with Crippen LogP contribution in [-0.2, 0) is 16.6 Å². The van der Waals surface area contributed by atoms with Gasteiger partial charge in [-0.15, -0.1) is 11.3 Å². The molecule has 0 saturated heterocycles. The SMILES string of the molecule is CN(Cc1nc2ccccc2s1)C(=O)c1ccc(NS(=O)(=O)c2ccc(F)cc2)cc1. The van der Waals surface area contributed by atoms with E-state index in [1.807, 2.05) is 24.3 Å². The maximum absolute atomic E-state index is 13.0. The van der Waals surface area contributed by atoms with E-state index in [0.29, 0.717) is 17.8 Å². The number of hydrogen-bond acceptors (Lipinski definition) is 5. The topological polar surface area (TPSA) is 79.4 Å². The Morgan fingerprint density at radius 3 is 2.39 bits per heavy atom. The number of carbonyl (C=O) groups is 1. The molecule has 6 nitrogen and oxygen atoms in total. The molecule has 0 aliphatic carbocycles. The summed E-state index contributed by atoms with van der Waals surface area (Å²) in [5.74, 6) is -0.719. The molecule has 0 aliphatic heterocycles. The van der Waals surface area contributed by atoms with Crippen molar-refractivity contribution >= 4 is 43.2 Å². The second-order valence-electron chi connectivity index (χ2n) is 6.87. The van der Waals surface area contributed by atoms with Crippen LogP contribution in [0.4, 0.5) is 10.1 Å². The monoisotopic (exact) mass is 455 g/mol. The third-order valence-electron chi connectivity index (χ3n) is 4.57. The highest BCUT2D eigenvalue weighted by Gasteiger charge is 2.17. The first kappa shape index (κ1) is 21.0. The number of fused-ring (bicyclic) bond motifs is 1. The number of carbonyl (C=O) groups excluding carboxylic acids is 1. The van der Waals surface area contributed by atoms with Crippen molar-refractivity contribution < 1.29 is 17.6 Å². The second-order valence-corrected chi connectivity index (χ2v) is 9.67. The molecule has 158 valence electrons. The number of nitrogens with zero attached hydrogens (tertiary/aromatic N) is 2. The molecule has 4 aromatic rings. The number of amides is 1. The van der Waals surface area contributed by atoms with Crippen molar-refractivity contribution in [3.63, 3.8) is 0 Å². The van der Waals surface area contributed by atoms with Crippen LogP contribution in [-0.4, -0.2) is 31.3 Å². The fourth-order valence-electron chi connectivity index (χ4n) is 2.99. The molecule has 0 bridgehead atoms. The van der Waals surface area contributed by atoms with Crippen LogP contribution in [0.2, 0.25) is 0 Å². The Morgan fingerprint density at radius 1 is 1.03 bits per heavy atom. The maximum atomic E-state index is 13.0. The molecule has 1 aromatic heterocycles. The lowest BCUT2D eigenvalue weighted by atomic mass is 10.2. The van der Waals surface area contributed by atoms with Gasteiger partial charge in [0.25, 0.3) is 15.9 Å². The molecular formula is C22H18FN3O3S2. The van der Waals surface area contributed by atoms with Crippen molar-refractivity contribution in [1.82, 2.24) is 9.88 Å². The van der Waals surface area contributed by atoms with Gasteiger partial charge in [-0.1, -0.05) is 12.1 Å². The van der Waals surface area contributed by atoms with Crippen LogP contribution in [0.5, 0.6) is 0 Å². The average molecular weight is 456 g/mol. The van der Waals surface area contributed by atoms with E-state index in [9.17, 15) is 17.6 Å². The summed E-state index contributed by atoms with van der Waals surface area (Å²) in [4.78, 5) is 18.8. The van der Waals surface area contributed by atoms with Gasteiger partial charge in [0.05, 0.1) is 21.7 Å². The number of hydrogen-bond donors (Lipinski definition) is 1. The fraction of sp³-hybridized carbons (Fsp3) is 0.0909. The van der Waals surface area contributed by atoms with Crippen LogP contribution in [0.1, 0.15) is 15.4 Å². The summed E-state index contributed by atoms with van der Waals surface area (Å²) < 4.78 is 41.3. The van der Waals surface area contributed by atoms with Gasteiger partial charge in [-0.3, -0.25) is 9.52 Å². The zero-order valence-electron chi connectivity index (χ0n) is 16.4. The molecule has 3 aromatic carbocycles. The van der Waals surface area contributed by atoms with E-state index in [2.05, 4.69) is 9.71 Å². The number of benzene rings is 3. The Hall–Kier alpha value is -3.30. The molecule has 1 amide bonds. The van der Waals surface area contributed by atoms with E-state index in [1.54, 1.807) is 35.4 Å². The van der Waals surface area contributed by atoms with Crippen molar-refractivity contribution in [3.05, 3.63) is 89.2 Å². The van der Waals surface area contributed by atoms with Crippen LogP contribution in [0.25, 0.3) is 10.2 Å². The lowest BCUT2D eigenvalue weighted by Crippen LogP contribution is -2.26. The Morgan fingerprint density at radius 2 is 1.71 bits per heavy atom. The van der Waals surface area contributed by atoms with Crippen molar-refractivity contribution in [2.45, 2.75) is 11.4 Å². The molecule has 0 fully saturated rings. The zero-order chi connectivity index (χ0) is 22.0. The first-order valence-corrected chi connectivity index (χ1v) is 11.6. The number of anilines is 1. The fourth-order valence-corrected chi connectivity index (χ4v) is 5.07. The lowest BCUT2D eigenvalue weighted by molar-refractivity contribution is 0.0785. The smallest absolute Gasteiger partial charge is 0.261 e. The van der Waals surface area contributed by atoms with Crippen LogP contribution in [0.15, 0.2) is 77.7 Å². The molecule has 0 radical (unpaired) electrons. The number of nitrogens with one attached hydrogen (secondary N) is 1. The van der Waals surface area contributed by atoms with E-state index in [4.69, 9.17) is 0 Å². The third-order valence-corrected chi connectivity index (χ3v) is 6.98. The molecule has 0 unspecified atom stereocenters. The van der Waals surface area contributed by atoms with Gasteiger partial charge >= 0.3 is 0 Å². The predicted octanol–water partition coefficient (Wildman–Crippen LogP) is 4.51. The van der Waals surface area contributed by atoms with Crippen molar-refractivity contribution in [2.75, 3.05) is 11.8 Å². The summed E-state index contributed by atoms with van der Waals surface area (Å²) in [5.41, 5.74) is 1.63. The Labute approximate surface area is 183 Å². The maximum Gasteiger partial charge on any atom is 0.261 e. The summed E-state index contributed by atoms with van der Waals surface area (Å²) in [7, 11) is -2.16. The third kappa shape index (κ3) is 4.73. The Kier molecular flexibility index (Phi) is 5.71. The van der Waals surface area contributed by atoms with Gasteiger partial charge in [0.2, 0.25) is 0 Å². The molecule has 0 atom stereocenters. The molecule has 1 heterocycles. The Bertz CT molecular complexity index is 1300. The molecule has 31 heavy (non-hydrogen) atoms. The first-order valence-electron chi connectivity index (χ1n) is 9.30. The first-order chi connectivity index (χ1) is 14.8. The van der Waals surface area contributed by atoms with Crippen molar-refractivity contribution in [3.8, 4) is 0 Å². The molecule has 4 rings (SSSR count). The molecule has 0 saturated carbocycles. The zero-order valence-corrected chi connectivity index (χ0v) is 18.1. The van der Waals surface area contributed by atoms with Crippen LogP contribution in [0, 0.1) is 5.82 Å². The van der Waals surface area contributed by atoms with Crippen LogP contribution in [0.3, 0.4) is 0 Å². The van der Waals surface area contributed by atoms with Gasteiger partial charge < -0.3 is 4.90 Å². The van der Waals surface area contributed by atoms with E-state index < -0.39 is 15.8 Å². The van der Waals surface area contributed by atoms with E-state index in [1.165, 1.54) is 24.3 Å². The molecule has 1 N–H and O–H groups in total. The number of halogens is 1. The summed E-state index contributed by atoms with van der Waals surface area (Å²) in [6.45, 7) is 0.372. The summed E-state index contributed by atoms with van der Waals surface area (Å²) in [6.07, 6.45) is 0. The predicted molar refractivity (Wildman–Crippen MR) is 119 cm³/mol. The molecule has 0 spiro atoms. The molecule has 0 aliphatic rings. The minimum atomic E-state index is -3.85. The van der Waals surface area contributed by atoms with Gasteiger partial charge in [-0.05, 0) is 60.7 Å². The van der Waals surface area contributed by atoms with Gasteiger partial charge in [0.15, 0.2) is 0 Å². The minimum absolute atomic E-state index is 0.0513. The standard InChI is InChI=1S/C22H18FN3O3S2/c1-26(14-21-24-19-4-2-3-5-20(19)30-21)22(27)15-6-10-17(11-7-15)25-31(28,29)18-12-8-16(23)9-13-18/h2-13,25H,14H2,1H3. The summed E-state index contributed by atoms with van der Waals surface area (Å²) in [6, 6.07) is 18.5. The van der Waals surface area contributed by atoms with Crippen molar-refractivity contribution in [2.24, 2.45) is 0 Å². The highest BCUT2D eigenvalue weighted by molar-refractivity contribution is 7.92. The highest BCUT2D eigenvalue weighted by Crippen LogP contribution is 2.23. The van der Waals surface area contributed by atoms with E-state index in [0.717, 1.165) is 27.4 Å². The number of sulfonamides is 1. The minimum Gasteiger partial charge on any atom is -0.335 e. The molecular weight excluding hydrogens is 437 g/mol. The van der Waals surface area contributed by atoms with E-state index >= 15 is 0 Å². The number of thiazole rings is 1. The summed E-state index contributed by atoms with van der Waals surface area (Å²) in [5, 5.41) is 0.834. The van der Waals surface area contributed by atoms with Crippen LogP contribution >= 0.6 is 11.3 Å². The normalized spacial score (nSPS) is 11.4. The Balaban J connectivity index is 1.44. The number of rotatable bonds is 6. The number of para-hydroxylation sites is 1. The largest absolute Gasteiger partial charge is 0.335 e. The van der Waals surface area contributed by atoms with Crippen molar-refractivity contribution in [1.29, 1.82) is 0 Å². The second kappa shape index (κ2) is 8.44. The van der Waals surface area contributed by atoms with Gasteiger partial charge in [0, 0.05) is 18.3 Å².